The molecule has 21 heavy (non-hydrogen) atoms. The number of methoxy groups -OCH3 is 1. The molecule has 0 rings (SSSR count). The molecule has 8 heteroatoms. The Morgan fingerprint density at radius 3 is 2.67 bits per heavy atom. The van der Waals surface area contributed by atoms with Gasteiger partial charge < -0.3 is 10.1 Å². The molecule has 0 aromatic heterocycles. The van der Waals surface area contributed by atoms with Crippen LogP contribution in [0.5, 0.6) is 0 Å². The summed E-state index contributed by atoms with van der Waals surface area (Å²) in [5, 5.41) is 0.961. The molecule has 0 spiro atoms. The van der Waals surface area contributed by atoms with Crippen LogP contribution in [-0.4, -0.2) is 52.3 Å². The summed E-state index contributed by atoms with van der Waals surface area (Å²) in [5.41, 5.74) is 6.59. The van der Waals surface area contributed by atoms with Gasteiger partial charge in [-0.15, -0.1) is 0 Å². The fourth-order valence-electron chi connectivity index (χ4n) is 1.32. The van der Waals surface area contributed by atoms with E-state index in [-0.39, 0.29) is 12.8 Å². The molecule has 118 valence electrons. The van der Waals surface area contributed by atoms with Crippen LogP contribution in [0.25, 0.3) is 0 Å². The normalized spacial score (nSPS) is 17.2. The van der Waals surface area contributed by atoms with Crippen LogP contribution in [0.15, 0.2) is 0 Å². The maximum atomic E-state index is 12.3. The van der Waals surface area contributed by atoms with Crippen molar-refractivity contribution in [2.45, 2.75) is 50.9 Å². The molecule has 1 amide bonds. The lowest BCUT2D eigenvalue weighted by Gasteiger charge is -2.19. The second-order valence-corrected chi connectivity index (χ2v) is 5.63. The molecule has 2 N–H and O–H groups in total. The number of carbonyl (C=O) groups is 3. The molecule has 0 saturated carbocycles. The van der Waals surface area contributed by atoms with Gasteiger partial charge in [0.25, 0.3) is 0 Å². The van der Waals surface area contributed by atoms with Crippen LogP contribution < -0.4 is 5.32 Å². The van der Waals surface area contributed by atoms with Crippen LogP contribution >= 0.6 is 11.8 Å². The van der Waals surface area contributed by atoms with Gasteiger partial charge in [0, 0.05) is 22.9 Å². The van der Waals surface area contributed by atoms with Crippen LogP contribution in [0.1, 0.15) is 37.7 Å². The number of hydrogen-bond acceptors (Lipinski definition) is 6. The van der Waals surface area contributed by atoms with Crippen LogP contribution in [-0.2, 0) is 19.1 Å². The number of thioether (sulfide) groups is 1. The summed E-state index contributed by atoms with van der Waals surface area (Å²) in [6, 6.07) is -1.03. The molecule has 0 radical (unpaired) electrons. The van der Waals surface area contributed by atoms with Crippen molar-refractivity contribution in [3.8, 4) is 0 Å². The maximum Gasteiger partial charge on any atom is 0.372 e. The van der Waals surface area contributed by atoms with E-state index in [1.165, 1.54) is 21.0 Å². The van der Waals surface area contributed by atoms with Gasteiger partial charge in [0.15, 0.2) is 0 Å². The highest BCUT2D eigenvalue weighted by molar-refractivity contribution is 8.14. The summed E-state index contributed by atoms with van der Waals surface area (Å²) in [5.74, 6) is -1.01. The Morgan fingerprint density at radius 2 is 2.14 bits per heavy atom. The second-order valence-electron chi connectivity index (χ2n) is 4.28. The highest BCUT2D eigenvalue weighted by Gasteiger charge is 2.25. The minimum Gasteiger partial charge on any atom is -0.372 e. The summed E-state index contributed by atoms with van der Waals surface area (Å²) in [6.07, 6.45) is -0.120. The van der Waals surface area contributed by atoms with E-state index in [1.54, 1.807) is 0 Å². The molecule has 0 aliphatic rings. The van der Waals surface area contributed by atoms with E-state index in [1.807, 2.05) is 0 Å². The zero-order chi connectivity index (χ0) is 18.9. The molecule has 3 atom stereocenters. The van der Waals surface area contributed by atoms with Gasteiger partial charge in [-0.1, -0.05) is 25.5 Å². The summed E-state index contributed by atoms with van der Waals surface area (Å²) in [7, 11) is 1.33. The molecule has 0 aliphatic carbocycles. The van der Waals surface area contributed by atoms with Gasteiger partial charge in [0.05, 0.1) is 16.4 Å². The quantitative estimate of drug-likeness (QED) is 0.371. The van der Waals surface area contributed by atoms with Gasteiger partial charge in [-0.25, -0.2) is 0 Å². The van der Waals surface area contributed by atoms with Crippen LogP contribution in [0, 0.1) is 5.53 Å². The Hall–Kier alpha value is -1.50. The van der Waals surface area contributed by atoms with Gasteiger partial charge in [-0.3, -0.25) is 14.4 Å². The third-order valence-corrected chi connectivity index (χ3v) is 3.38. The Bertz CT molecular complexity index is 521. The van der Waals surface area contributed by atoms with Crippen LogP contribution in [0.2, 0.25) is 0 Å². The number of carbonyl (C=O) groups excluding carboxylic acids is 3. The van der Waals surface area contributed by atoms with E-state index in [2.05, 4.69) is 10.1 Å². The molecule has 0 fully saturated rings. The lowest BCUT2D eigenvalue weighted by molar-refractivity contribution is -0.133. The molecule has 7 nitrogen and oxygen atoms in total. The van der Waals surface area contributed by atoms with E-state index in [0.717, 1.165) is 6.21 Å². The highest BCUT2D eigenvalue weighted by atomic mass is 32.2. The van der Waals surface area contributed by atoms with Gasteiger partial charge >= 0.3 is 6.21 Å². The monoisotopic (exact) mass is 319 g/mol. The van der Waals surface area contributed by atoms with E-state index >= 15 is 0 Å². The van der Waals surface area contributed by atoms with Gasteiger partial charge in [-0.2, -0.15) is 0 Å². The molecule has 0 saturated heterocycles. The smallest absolute Gasteiger partial charge is 0.372 e. The Kier molecular flexibility index (Phi) is 7.05. The largest absolute Gasteiger partial charge is 0.372 e. The molecule has 0 aromatic carbocycles. The topological polar surface area (TPSA) is 110 Å². The molecular formula is C13H22N3O4S+. The first-order chi connectivity index (χ1) is 11.0. The molecule has 0 heterocycles. The van der Waals surface area contributed by atoms with E-state index in [0.29, 0.717) is 11.8 Å². The standard InChI is InChI=1S/C13H21N3O4S/c1-8(2)21-13(19)11(6-5-10(17)7-15-14)16-12(18)9(3)20-4/h7-9,11,14H,5-6H2,1-4H3/p+1/t9-,11-/m0/s1/i1D3/t8?,9-,11-. The summed E-state index contributed by atoms with van der Waals surface area (Å²) >= 11 is 0.602. The second kappa shape index (κ2) is 10.3. The molecule has 0 aromatic rings. The van der Waals surface area contributed by atoms with E-state index < -0.39 is 41.1 Å². The molecule has 0 aliphatic heterocycles. The van der Waals surface area contributed by atoms with Crippen molar-refractivity contribution in [3.05, 3.63) is 0 Å². The maximum absolute atomic E-state index is 12.3. The SMILES string of the molecule is [2H]C([2H])([2H])C(C)SC(=O)[C@H](CCC(=O)C=[N+]=N)NC(=O)[C@H](C)OC. The van der Waals surface area contributed by atoms with Gasteiger partial charge in [-0.05, 0) is 13.3 Å². The first kappa shape index (κ1) is 14.4. The predicted molar refractivity (Wildman–Crippen MR) is 79.4 cm³/mol. The number of nitrogens with one attached hydrogen (secondary N) is 2. The Balaban J connectivity index is 5.01. The third-order valence-electron chi connectivity index (χ3n) is 2.50. The summed E-state index contributed by atoms with van der Waals surface area (Å²) in [6.45, 7) is 0.569. The van der Waals surface area contributed by atoms with Crippen molar-refractivity contribution in [2.24, 2.45) is 0 Å². The lowest BCUT2D eigenvalue weighted by atomic mass is 10.1. The van der Waals surface area contributed by atoms with Crippen molar-refractivity contribution in [1.82, 2.24) is 5.32 Å². The fourth-order valence-corrected chi connectivity index (χ4v) is 2.01. The number of hydrogen-bond donors (Lipinski definition) is 2. The first-order valence-electron chi connectivity index (χ1n) is 7.79. The molecular weight excluding hydrogens is 294 g/mol. The minimum atomic E-state index is -2.32. The third kappa shape index (κ3) is 8.39. The Morgan fingerprint density at radius 1 is 1.48 bits per heavy atom. The predicted octanol–water partition coefficient (Wildman–Crippen LogP) is 0.834. The van der Waals surface area contributed by atoms with Crippen molar-refractivity contribution in [2.75, 3.05) is 7.11 Å². The first-order valence-corrected chi connectivity index (χ1v) is 7.17. The van der Waals surface area contributed by atoms with Crippen LogP contribution in [0.4, 0.5) is 0 Å². The number of amides is 1. The lowest BCUT2D eigenvalue weighted by Crippen LogP contribution is -2.45. The number of ketones is 1. The Labute approximate surface area is 132 Å². The number of nitrogens with zero attached hydrogens (tertiary/aromatic N) is 1. The van der Waals surface area contributed by atoms with Crippen LogP contribution in [0.3, 0.4) is 0 Å². The summed E-state index contributed by atoms with van der Waals surface area (Å²) < 4.78 is 26.8. The van der Waals surface area contributed by atoms with Gasteiger partial charge in [0.2, 0.25) is 16.8 Å². The van der Waals surface area contributed by atoms with E-state index in [9.17, 15) is 14.4 Å². The van der Waals surface area contributed by atoms with Crippen molar-refractivity contribution in [1.29, 1.82) is 5.53 Å². The fraction of sp³-hybridized carbons (Fsp3) is 0.692. The van der Waals surface area contributed by atoms with Crippen molar-refractivity contribution >= 4 is 34.8 Å². The number of rotatable bonds is 9. The zero-order valence-electron chi connectivity index (χ0n) is 15.2. The number of Topliss-reactive ketones (excluding diaryl/α,β-unsaturated/α-hetero) is 1. The number of ether oxygens (including phenoxy) is 1. The average molecular weight is 319 g/mol. The van der Waals surface area contributed by atoms with Gasteiger partial charge in [0.1, 0.15) is 6.10 Å². The minimum absolute atomic E-state index is 0.0212. The summed E-state index contributed by atoms with van der Waals surface area (Å²) in [4.78, 5) is 38.4. The highest BCUT2D eigenvalue weighted by Crippen LogP contribution is 2.16. The van der Waals surface area contributed by atoms with Crippen molar-refractivity contribution < 1.29 is 28.0 Å². The van der Waals surface area contributed by atoms with E-state index in [4.69, 9.17) is 14.4 Å². The molecule has 1 unspecified atom stereocenters. The zero-order valence-corrected chi connectivity index (χ0v) is 13.0. The molecule has 0 bridgehead atoms. The average Bonchev–Trinajstić information content (AvgIpc) is 2.49. The van der Waals surface area contributed by atoms with Crippen molar-refractivity contribution in [3.63, 3.8) is 0 Å².